The SMILES string of the molecule is C[C@H](NS(=O)(=O)c1ccccc1C(F)(F)F)C(=O)NCC(c1cccs1)N(C)C. The minimum atomic E-state index is -4.84. The number of carbonyl (C=O) groups is 1. The Labute approximate surface area is 171 Å². The molecule has 1 amide bonds. The van der Waals surface area contributed by atoms with Gasteiger partial charge in [0.2, 0.25) is 15.9 Å². The molecule has 2 N–H and O–H groups in total. The number of carbonyl (C=O) groups excluding carboxylic acids is 1. The van der Waals surface area contributed by atoms with Crippen LogP contribution in [0.1, 0.15) is 23.4 Å². The number of halogens is 3. The molecular weight excluding hydrogens is 427 g/mol. The van der Waals surface area contributed by atoms with E-state index in [4.69, 9.17) is 0 Å². The maximum absolute atomic E-state index is 13.1. The number of sulfonamides is 1. The number of amides is 1. The molecular formula is C18H22F3N3O3S2. The summed E-state index contributed by atoms with van der Waals surface area (Å²) in [6.45, 7) is 1.50. The third kappa shape index (κ3) is 6.01. The highest BCUT2D eigenvalue weighted by Crippen LogP contribution is 2.33. The van der Waals surface area contributed by atoms with Crippen LogP contribution in [0.3, 0.4) is 0 Å². The normalized spacial score (nSPS) is 14.6. The van der Waals surface area contributed by atoms with Gasteiger partial charge in [0.1, 0.15) is 0 Å². The average molecular weight is 450 g/mol. The summed E-state index contributed by atoms with van der Waals surface area (Å²) in [7, 11) is -0.868. The van der Waals surface area contributed by atoms with Crippen molar-refractivity contribution in [3.63, 3.8) is 0 Å². The van der Waals surface area contributed by atoms with E-state index in [1.165, 1.54) is 24.3 Å². The number of likely N-dealkylation sites (N-methyl/N-ethyl adjacent to an activating group) is 1. The molecule has 1 heterocycles. The molecule has 0 aliphatic rings. The van der Waals surface area contributed by atoms with Gasteiger partial charge in [0.15, 0.2) is 0 Å². The van der Waals surface area contributed by atoms with E-state index in [2.05, 4.69) is 5.32 Å². The lowest BCUT2D eigenvalue weighted by molar-refractivity contribution is -0.139. The van der Waals surface area contributed by atoms with E-state index >= 15 is 0 Å². The summed E-state index contributed by atoms with van der Waals surface area (Å²) < 4.78 is 66.3. The first-order valence-corrected chi connectivity index (χ1v) is 11.0. The van der Waals surface area contributed by atoms with Gasteiger partial charge in [-0.3, -0.25) is 4.79 Å². The molecule has 2 aromatic rings. The third-order valence-corrected chi connectivity index (χ3v) is 6.74. The number of rotatable bonds is 8. The molecule has 1 aromatic carbocycles. The van der Waals surface area contributed by atoms with Crippen LogP contribution >= 0.6 is 11.3 Å². The summed E-state index contributed by atoms with van der Waals surface area (Å²) in [5, 5.41) is 4.55. The van der Waals surface area contributed by atoms with Gasteiger partial charge in [0.05, 0.1) is 22.5 Å². The first-order valence-electron chi connectivity index (χ1n) is 8.59. The molecule has 1 aromatic heterocycles. The molecule has 0 spiro atoms. The smallest absolute Gasteiger partial charge is 0.353 e. The van der Waals surface area contributed by atoms with Gasteiger partial charge in [-0.1, -0.05) is 18.2 Å². The highest BCUT2D eigenvalue weighted by atomic mass is 32.2. The van der Waals surface area contributed by atoms with Gasteiger partial charge >= 0.3 is 6.18 Å². The molecule has 2 rings (SSSR count). The molecule has 0 aliphatic heterocycles. The topological polar surface area (TPSA) is 78.5 Å². The fraction of sp³-hybridized carbons (Fsp3) is 0.389. The van der Waals surface area contributed by atoms with Gasteiger partial charge in [-0.05, 0) is 44.6 Å². The van der Waals surface area contributed by atoms with E-state index in [0.717, 1.165) is 17.0 Å². The summed E-state index contributed by atoms with van der Waals surface area (Å²) >= 11 is 1.52. The van der Waals surface area contributed by atoms with Crippen molar-refractivity contribution >= 4 is 27.3 Å². The second-order valence-electron chi connectivity index (χ2n) is 6.58. The summed E-state index contributed by atoms with van der Waals surface area (Å²) in [5.74, 6) is -0.638. The largest absolute Gasteiger partial charge is 0.417 e. The monoisotopic (exact) mass is 449 g/mol. The lowest BCUT2D eigenvalue weighted by Crippen LogP contribution is -2.46. The Kier molecular flexibility index (Phi) is 7.44. The Morgan fingerprint density at radius 3 is 2.38 bits per heavy atom. The second-order valence-corrected chi connectivity index (χ2v) is 9.24. The molecule has 0 bridgehead atoms. The van der Waals surface area contributed by atoms with Gasteiger partial charge in [-0.15, -0.1) is 11.3 Å². The lowest BCUT2D eigenvalue weighted by atomic mass is 10.2. The molecule has 0 radical (unpaired) electrons. The molecule has 29 heavy (non-hydrogen) atoms. The van der Waals surface area contributed by atoms with Crippen molar-refractivity contribution in [3.8, 4) is 0 Å². The zero-order valence-corrected chi connectivity index (χ0v) is 17.7. The fourth-order valence-corrected chi connectivity index (χ4v) is 5.01. The standard InChI is InChI=1S/C18H22F3N3O3S2/c1-12(17(25)22-11-14(24(2)3)15-8-6-10-28-15)23-29(26,27)16-9-5-4-7-13(16)18(19,20)21/h4-10,12,14,23H,11H2,1-3H3,(H,22,25)/t12-,14?/m0/s1. The van der Waals surface area contributed by atoms with Gasteiger partial charge < -0.3 is 10.2 Å². The zero-order valence-electron chi connectivity index (χ0n) is 16.0. The average Bonchev–Trinajstić information content (AvgIpc) is 3.14. The van der Waals surface area contributed by atoms with E-state index in [9.17, 15) is 26.4 Å². The Hall–Kier alpha value is -1.95. The van der Waals surface area contributed by atoms with Crippen LogP contribution in [0.15, 0.2) is 46.7 Å². The lowest BCUT2D eigenvalue weighted by Gasteiger charge is -2.24. The Balaban J connectivity index is 2.09. The quantitative estimate of drug-likeness (QED) is 0.650. The van der Waals surface area contributed by atoms with Crippen LogP contribution in [0.2, 0.25) is 0 Å². The van der Waals surface area contributed by atoms with Crippen LogP contribution in [-0.2, 0) is 21.0 Å². The van der Waals surface area contributed by atoms with E-state index in [0.29, 0.717) is 6.07 Å². The van der Waals surface area contributed by atoms with Crippen LogP contribution in [0, 0.1) is 0 Å². The third-order valence-electron chi connectivity index (χ3n) is 4.17. The number of nitrogens with zero attached hydrogens (tertiary/aromatic N) is 1. The van der Waals surface area contributed by atoms with Crippen molar-refractivity contribution in [2.45, 2.75) is 30.1 Å². The van der Waals surface area contributed by atoms with Gasteiger partial charge in [-0.2, -0.15) is 17.9 Å². The Morgan fingerprint density at radius 1 is 1.17 bits per heavy atom. The van der Waals surface area contributed by atoms with E-state index in [1.54, 1.807) is 0 Å². The van der Waals surface area contributed by atoms with E-state index in [-0.39, 0.29) is 12.6 Å². The van der Waals surface area contributed by atoms with E-state index < -0.39 is 38.6 Å². The molecule has 0 aliphatic carbocycles. The number of nitrogens with one attached hydrogen (secondary N) is 2. The summed E-state index contributed by atoms with van der Waals surface area (Å²) in [4.78, 5) is 14.4. The minimum absolute atomic E-state index is 0.117. The Bertz CT molecular complexity index is 929. The van der Waals surface area contributed by atoms with Crippen molar-refractivity contribution in [2.24, 2.45) is 0 Å². The zero-order chi connectivity index (χ0) is 21.8. The molecule has 0 saturated carbocycles. The van der Waals surface area contributed by atoms with Crippen molar-refractivity contribution in [1.29, 1.82) is 0 Å². The molecule has 11 heteroatoms. The number of hydrogen-bond donors (Lipinski definition) is 2. The predicted octanol–water partition coefficient (Wildman–Crippen LogP) is 2.85. The molecule has 6 nitrogen and oxygen atoms in total. The molecule has 1 unspecified atom stereocenters. The predicted molar refractivity (Wildman–Crippen MR) is 105 cm³/mol. The second kappa shape index (κ2) is 9.24. The number of alkyl halides is 3. The van der Waals surface area contributed by atoms with E-state index in [1.807, 2.05) is 41.2 Å². The van der Waals surface area contributed by atoms with Crippen LogP contribution in [0.25, 0.3) is 0 Å². The van der Waals surface area contributed by atoms with Crippen LogP contribution in [0.5, 0.6) is 0 Å². The summed E-state index contributed by atoms with van der Waals surface area (Å²) in [6.07, 6.45) is -4.84. The first kappa shape index (κ1) is 23.3. The highest BCUT2D eigenvalue weighted by molar-refractivity contribution is 7.89. The van der Waals surface area contributed by atoms with Gasteiger partial charge in [-0.25, -0.2) is 8.42 Å². The number of thiophene rings is 1. The molecule has 0 fully saturated rings. The van der Waals surface area contributed by atoms with Crippen molar-refractivity contribution in [3.05, 3.63) is 52.2 Å². The molecule has 160 valence electrons. The van der Waals surface area contributed by atoms with Gasteiger partial charge in [0.25, 0.3) is 0 Å². The number of benzene rings is 1. The summed E-state index contributed by atoms with van der Waals surface area (Å²) in [6, 6.07) is 6.26. The van der Waals surface area contributed by atoms with Crippen molar-refractivity contribution in [1.82, 2.24) is 14.9 Å². The maximum atomic E-state index is 13.1. The Morgan fingerprint density at radius 2 is 1.83 bits per heavy atom. The first-order chi connectivity index (χ1) is 13.4. The van der Waals surface area contributed by atoms with Crippen molar-refractivity contribution < 1.29 is 26.4 Å². The summed E-state index contributed by atoms with van der Waals surface area (Å²) in [5.41, 5.74) is -1.29. The number of hydrogen-bond acceptors (Lipinski definition) is 5. The fourth-order valence-electron chi connectivity index (χ4n) is 2.65. The highest BCUT2D eigenvalue weighted by Gasteiger charge is 2.37. The van der Waals surface area contributed by atoms with Crippen LogP contribution in [-0.4, -0.2) is 45.9 Å². The van der Waals surface area contributed by atoms with Crippen molar-refractivity contribution in [2.75, 3.05) is 20.6 Å². The minimum Gasteiger partial charge on any atom is -0.353 e. The maximum Gasteiger partial charge on any atom is 0.417 e. The molecule has 0 saturated heterocycles. The molecule has 2 atom stereocenters. The van der Waals surface area contributed by atoms with Crippen LogP contribution in [0.4, 0.5) is 13.2 Å². The van der Waals surface area contributed by atoms with Gasteiger partial charge in [0, 0.05) is 11.4 Å². The van der Waals surface area contributed by atoms with Crippen LogP contribution < -0.4 is 10.0 Å².